The highest BCUT2D eigenvalue weighted by molar-refractivity contribution is 6.30. The van der Waals surface area contributed by atoms with Crippen molar-refractivity contribution in [3.63, 3.8) is 0 Å². The molecule has 30 heavy (non-hydrogen) atoms. The van der Waals surface area contributed by atoms with E-state index >= 15 is 0 Å². The topological polar surface area (TPSA) is 78.0 Å². The van der Waals surface area contributed by atoms with Gasteiger partial charge in [-0.15, -0.1) is 10.2 Å². The molecule has 5 aromatic rings. The van der Waals surface area contributed by atoms with Gasteiger partial charge in [0.2, 0.25) is 0 Å². The SMILES string of the molecule is CC(c1nnc2c(F)cc(-c3ccc(Cl)cn3)cn12)n1ccc2ncccc2c1=O. The molecule has 9 heteroatoms. The fraction of sp³-hybridized carbons (Fsp3) is 0.0952. The normalized spacial score (nSPS) is 12.5. The van der Waals surface area contributed by atoms with Gasteiger partial charge in [-0.05, 0) is 43.3 Å². The molecule has 0 aliphatic heterocycles. The van der Waals surface area contributed by atoms with E-state index in [1.807, 2.05) is 6.92 Å². The summed E-state index contributed by atoms with van der Waals surface area (Å²) in [5.41, 5.74) is 1.58. The van der Waals surface area contributed by atoms with Crippen LogP contribution in [0.2, 0.25) is 5.02 Å². The lowest BCUT2D eigenvalue weighted by Crippen LogP contribution is -2.25. The van der Waals surface area contributed by atoms with Crippen LogP contribution in [0.15, 0.2) is 66.0 Å². The highest BCUT2D eigenvalue weighted by Gasteiger charge is 2.20. The van der Waals surface area contributed by atoms with Crippen molar-refractivity contribution in [3.05, 3.63) is 88.2 Å². The Labute approximate surface area is 174 Å². The van der Waals surface area contributed by atoms with E-state index in [1.54, 1.807) is 53.3 Å². The van der Waals surface area contributed by atoms with Crippen LogP contribution in [-0.4, -0.2) is 29.1 Å². The maximum absolute atomic E-state index is 14.7. The quantitative estimate of drug-likeness (QED) is 0.442. The van der Waals surface area contributed by atoms with Crippen molar-refractivity contribution >= 4 is 28.2 Å². The van der Waals surface area contributed by atoms with E-state index in [2.05, 4.69) is 20.2 Å². The van der Waals surface area contributed by atoms with E-state index in [0.29, 0.717) is 33.0 Å². The van der Waals surface area contributed by atoms with Gasteiger partial charge in [-0.25, -0.2) is 4.39 Å². The molecule has 148 valence electrons. The van der Waals surface area contributed by atoms with Crippen molar-refractivity contribution in [2.24, 2.45) is 0 Å². The summed E-state index contributed by atoms with van der Waals surface area (Å²) in [4.78, 5) is 21.4. The van der Waals surface area contributed by atoms with Gasteiger partial charge in [-0.1, -0.05) is 11.6 Å². The molecule has 0 aliphatic carbocycles. The van der Waals surface area contributed by atoms with Crippen LogP contribution in [0.4, 0.5) is 4.39 Å². The van der Waals surface area contributed by atoms with E-state index < -0.39 is 11.9 Å². The van der Waals surface area contributed by atoms with E-state index in [4.69, 9.17) is 11.6 Å². The van der Waals surface area contributed by atoms with Crippen molar-refractivity contribution in [1.29, 1.82) is 0 Å². The molecular formula is C21H14ClFN6O. The predicted octanol–water partition coefficient (Wildman–Crippen LogP) is 3.90. The number of pyridine rings is 4. The lowest BCUT2D eigenvalue weighted by atomic mass is 10.2. The second-order valence-electron chi connectivity index (χ2n) is 6.83. The Balaban J connectivity index is 1.67. The zero-order valence-electron chi connectivity index (χ0n) is 15.7. The summed E-state index contributed by atoms with van der Waals surface area (Å²) in [6.45, 7) is 1.81. The van der Waals surface area contributed by atoms with Crippen LogP contribution in [0, 0.1) is 5.82 Å². The van der Waals surface area contributed by atoms with Crippen LogP contribution < -0.4 is 5.56 Å². The van der Waals surface area contributed by atoms with Crippen molar-refractivity contribution in [1.82, 2.24) is 29.1 Å². The minimum Gasteiger partial charge on any atom is -0.304 e. The summed E-state index contributed by atoms with van der Waals surface area (Å²) in [5.74, 6) is -0.115. The molecule has 0 saturated carbocycles. The Kier molecular flexibility index (Phi) is 4.29. The first-order chi connectivity index (χ1) is 14.5. The predicted molar refractivity (Wildman–Crippen MR) is 111 cm³/mol. The minimum atomic E-state index is -0.537. The number of halogens is 2. The summed E-state index contributed by atoms with van der Waals surface area (Å²) < 4.78 is 17.8. The number of hydrogen-bond acceptors (Lipinski definition) is 5. The molecule has 0 radical (unpaired) electrons. The Morgan fingerprint density at radius 3 is 2.80 bits per heavy atom. The third-order valence-corrected chi connectivity index (χ3v) is 5.22. The Morgan fingerprint density at radius 1 is 1.13 bits per heavy atom. The van der Waals surface area contributed by atoms with Gasteiger partial charge in [0, 0.05) is 30.4 Å². The molecule has 5 heterocycles. The summed E-state index contributed by atoms with van der Waals surface area (Å²) in [7, 11) is 0. The van der Waals surface area contributed by atoms with Gasteiger partial charge in [0.15, 0.2) is 17.3 Å². The molecule has 7 nitrogen and oxygen atoms in total. The van der Waals surface area contributed by atoms with Crippen molar-refractivity contribution < 1.29 is 4.39 Å². The molecule has 5 rings (SSSR count). The molecule has 0 amide bonds. The Morgan fingerprint density at radius 2 is 2.00 bits per heavy atom. The standard InChI is InChI=1S/C21H14ClFN6O/c1-12(28-8-6-18-15(21(28)30)3-2-7-24-18)19-26-27-20-16(23)9-13(11-29(19)20)17-5-4-14(22)10-25-17/h2-12H,1H3. The van der Waals surface area contributed by atoms with E-state index in [-0.39, 0.29) is 11.2 Å². The first kappa shape index (κ1) is 18.4. The lowest BCUT2D eigenvalue weighted by molar-refractivity contribution is 0.575. The third kappa shape index (κ3) is 2.93. The molecule has 5 aromatic heterocycles. The van der Waals surface area contributed by atoms with E-state index in [9.17, 15) is 9.18 Å². The highest BCUT2D eigenvalue weighted by Crippen LogP contribution is 2.24. The summed E-state index contributed by atoms with van der Waals surface area (Å²) in [6.07, 6.45) is 6.49. The fourth-order valence-electron chi connectivity index (χ4n) is 3.46. The van der Waals surface area contributed by atoms with Gasteiger partial charge in [0.1, 0.15) is 0 Å². The van der Waals surface area contributed by atoms with Gasteiger partial charge < -0.3 is 4.57 Å². The van der Waals surface area contributed by atoms with Crippen LogP contribution in [-0.2, 0) is 0 Å². The third-order valence-electron chi connectivity index (χ3n) is 5.00. The lowest BCUT2D eigenvalue weighted by Gasteiger charge is -2.14. The summed E-state index contributed by atoms with van der Waals surface area (Å²) in [6, 6.07) is 9.45. The molecule has 1 atom stereocenters. The zero-order chi connectivity index (χ0) is 20.8. The number of nitrogens with zero attached hydrogens (tertiary/aromatic N) is 6. The van der Waals surface area contributed by atoms with E-state index in [1.165, 1.54) is 16.8 Å². The Bertz CT molecular complexity index is 1460. The van der Waals surface area contributed by atoms with Crippen LogP contribution >= 0.6 is 11.6 Å². The van der Waals surface area contributed by atoms with Crippen molar-refractivity contribution in [2.45, 2.75) is 13.0 Å². The second kappa shape index (κ2) is 7.00. The zero-order valence-corrected chi connectivity index (χ0v) is 16.5. The van der Waals surface area contributed by atoms with Crippen LogP contribution in [0.1, 0.15) is 18.8 Å². The molecule has 0 aromatic carbocycles. The van der Waals surface area contributed by atoms with Crippen LogP contribution in [0.5, 0.6) is 0 Å². The smallest absolute Gasteiger partial charge is 0.260 e. The number of hydrogen-bond donors (Lipinski definition) is 0. The second-order valence-corrected chi connectivity index (χ2v) is 7.27. The first-order valence-electron chi connectivity index (χ1n) is 9.15. The summed E-state index contributed by atoms with van der Waals surface area (Å²) in [5, 5.41) is 9.12. The minimum absolute atomic E-state index is 0.0741. The first-order valence-corrected chi connectivity index (χ1v) is 9.53. The number of rotatable bonds is 3. The van der Waals surface area contributed by atoms with Crippen LogP contribution in [0.25, 0.3) is 27.8 Å². The molecular weight excluding hydrogens is 407 g/mol. The average Bonchev–Trinajstić information content (AvgIpc) is 3.19. The van der Waals surface area contributed by atoms with Crippen molar-refractivity contribution in [2.75, 3.05) is 0 Å². The van der Waals surface area contributed by atoms with Gasteiger partial charge >= 0.3 is 0 Å². The maximum atomic E-state index is 14.7. The fourth-order valence-corrected chi connectivity index (χ4v) is 3.57. The average molecular weight is 421 g/mol. The van der Waals surface area contributed by atoms with Gasteiger partial charge in [0.05, 0.1) is 27.7 Å². The summed E-state index contributed by atoms with van der Waals surface area (Å²) >= 11 is 5.90. The van der Waals surface area contributed by atoms with Crippen molar-refractivity contribution in [3.8, 4) is 11.3 Å². The largest absolute Gasteiger partial charge is 0.304 e. The van der Waals surface area contributed by atoms with Gasteiger partial charge in [-0.2, -0.15) is 0 Å². The van der Waals surface area contributed by atoms with Gasteiger partial charge in [0.25, 0.3) is 5.56 Å². The monoisotopic (exact) mass is 420 g/mol. The van der Waals surface area contributed by atoms with Gasteiger partial charge in [-0.3, -0.25) is 19.2 Å². The maximum Gasteiger partial charge on any atom is 0.260 e. The number of fused-ring (bicyclic) bond motifs is 2. The molecule has 0 aliphatic rings. The number of aromatic nitrogens is 6. The molecule has 0 bridgehead atoms. The van der Waals surface area contributed by atoms with Crippen LogP contribution in [0.3, 0.4) is 0 Å². The van der Waals surface area contributed by atoms with E-state index in [0.717, 1.165) is 0 Å². The molecule has 1 unspecified atom stereocenters. The molecule has 0 saturated heterocycles. The molecule has 0 N–H and O–H groups in total. The highest BCUT2D eigenvalue weighted by atomic mass is 35.5. The molecule has 0 spiro atoms. The Hall–Kier alpha value is -3.65. The molecule has 0 fully saturated rings.